The van der Waals surface area contributed by atoms with Gasteiger partial charge in [0, 0.05) is 25.0 Å². The van der Waals surface area contributed by atoms with Gasteiger partial charge in [-0.2, -0.15) is 0 Å². The van der Waals surface area contributed by atoms with Gasteiger partial charge in [-0.3, -0.25) is 9.59 Å². The number of hydrogen-bond donors (Lipinski definition) is 1. The highest BCUT2D eigenvalue weighted by Crippen LogP contribution is 2.19. The summed E-state index contributed by atoms with van der Waals surface area (Å²) < 4.78 is 0. The van der Waals surface area contributed by atoms with Gasteiger partial charge in [-0.25, -0.2) is 0 Å². The first-order valence-electron chi connectivity index (χ1n) is 6.25. The summed E-state index contributed by atoms with van der Waals surface area (Å²) in [6, 6.07) is 6.80. The Labute approximate surface area is 118 Å². The second kappa shape index (κ2) is 7.14. The third kappa shape index (κ3) is 3.96. The summed E-state index contributed by atoms with van der Waals surface area (Å²) in [5.41, 5.74) is 0.835. The number of rotatable bonds is 5. The number of likely N-dealkylation sites (N-methyl/N-ethyl adjacent to an activating group) is 1. The minimum Gasteiger partial charge on any atom is -0.357 e. The molecule has 0 radical (unpaired) electrons. The SMILES string of the molecule is CCC(=O)N(Cc1ccccc1Cl)[C@@H](C)C(=O)NC. The van der Waals surface area contributed by atoms with Crippen molar-refractivity contribution in [3.8, 4) is 0 Å². The highest BCUT2D eigenvalue weighted by molar-refractivity contribution is 6.31. The molecular formula is C14H19ClN2O2. The van der Waals surface area contributed by atoms with E-state index in [4.69, 9.17) is 11.6 Å². The summed E-state index contributed by atoms with van der Waals surface area (Å²) in [7, 11) is 1.56. The predicted molar refractivity (Wildman–Crippen MR) is 75.8 cm³/mol. The zero-order valence-electron chi connectivity index (χ0n) is 11.4. The molecule has 1 rings (SSSR count). The molecule has 5 heteroatoms. The number of amides is 2. The molecule has 0 aliphatic heterocycles. The van der Waals surface area contributed by atoms with Crippen LogP contribution < -0.4 is 5.32 Å². The molecule has 0 aliphatic carbocycles. The Morgan fingerprint density at radius 3 is 2.53 bits per heavy atom. The van der Waals surface area contributed by atoms with Crippen molar-refractivity contribution in [1.29, 1.82) is 0 Å². The van der Waals surface area contributed by atoms with Crippen LogP contribution in [0.25, 0.3) is 0 Å². The standard InChI is InChI=1S/C14H19ClN2O2/c1-4-13(18)17(10(2)14(19)16-3)9-11-7-5-6-8-12(11)15/h5-8,10H,4,9H2,1-3H3,(H,16,19)/t10-/m0/s1. The summed E-state index contributed by atoms with van der Waals surface area (Å²) >= 11 is 6.10. The number of halogens is 1. The van der Waals surface area contributed by atoms with Gasteiger partial charge in [-0.1, -0.05) is 36.7 Å². The molecule has 19 heavy (non-hydrogen) atoms. The fraction of sp³-hybridized carbons (Fsp3) is 0.429. The Hall–Kier alpha value is -1.55. The van der Waals surface area contributed by atoms with Gasteiger partial charge < -0.3 is 10.2 Å². The normalized spacial score (nSPS) is 11.8. The van der Waals surface area contributed by atoms with Gasteiger partial charge in [0.1, 0.15) is 6.04 Å². The average molecular weight is 283 g/mol. The summed E-state index contributed by atoms with van der Waals surface area (Å²) in [4.78, 5) is 25.2. The molecule has 104 valence electrons. The van der Waals surface area contributed by atoms with Crippen molar-refractivity contribution in [2.75, 3.05) is 7.05 Å². The van der Waals surface area contributed by atoms with Crippen molar-refractivity contribution < 1.29 is 9.59 Å². The quantitative estimate of drug-likeness (QED) is 0.900. The first-order chi connectivity index (χ1) is 9.01. The maximum Gasteiger partial charge on any atom is 0.242 e. The Morgan fingerprint density at radius 1 is 1.37 bits per heavy atom. The van der Waals surface area contributed by atoms with Crippen LogP contribution in [0, 0.1) is 0 Å². The molecule has 1 N–H and O–H groups in total. The van der Waals surface area contributed by atoms with Crippen molar-refractivity contribution in [3.63, 3.8) is 0 Å². The molecule has 0 saturated heterocycles. The Morgan fingerprint density at radius 2 is 2.00 bits per heavy atom. The minimum absolute atomic E-state index is 0.0731. The number of carbonyl (C=O) groups is 2. The largest absolute Gasteiger partial charge is 0.357 e. The van der Waals surface area contributed by atoms with Crippen LogP contribution in [0.15, 0.2) is 24.3 Å². The fourth-order valence-corrected chi connectivity index (χ4v) is 2.00. The molecule has 0 aromatic heterocycles. The van der Waals surface area contributed by atoms with Crippen molar-refractivity contribution in [3.05, 3.63) is 34.9 Å². The highest BCUT2D eigenvalue weighted by Gasteiger charge is 2.24. The summed E-state index contributed by atoms with van der Waals surface area (Å²) in [6.45, 7) is 3.82. The van der Waals surface area contributed by atoms with E-state index in [1.807, 2.05) is 18.2 Å². The van der Waals surface area contributed by atoms with Crippen molar-refractivity contribution in [2.45, 2.75) is 32.9 Å². The van der Waals surface area contributed by atoms with Crippen molar-refractivity contribution >= 4 is 23.4 Å². The van der Waals surface area contributed by atoms with E-state index >= 15 is 0 Å². The maximum absolute atomic E-state index is 12.0. The Balaban J connectivity index is 2.96. The van der Waals surface area contributed by atoms with Gasteiger partial charge in [0.15, 0.2) is 0 Å². The number of nitrogens with one attached hydrogen (secondary N) is 1. The van der Waals surface area contributed by atoms with Gasteiger partial charge in [0.05, 0.1) is 0 Å². The molecule has 0 unspecified atom stereocenters. The molecule has 0 heterocycles. The average Bonchev–Trinajstić information content (AvgIpc) is 2.44. The third-order valence-electron chi connectivity index (χ3n) is 3.01. The van der Waals surface area contributed by atoms with Crippen LogP contribution in [0.5, 0.6) is 0 Å². The molecule has 1 aromatic carbocycles. The molecular weight excluding hydrogens is 264 g/mol. The van der Waals surface area contributed by atoms with E-state index in [1.54, 1.807) is 31.9 Å². The number of nitrogens with zero attached hydrogens (tertiary/aromatic N) is 1. The van der Waals surface area contributed by atoms with Crippen LogP contribution in [0.1, 0.15) is 25.8 Å². The zero-order chi connectivity index (χ0) is 14.4. The van der Waals surface area contributed by atoms with Gasteiger partial charge in [-0.05, 0) is 18.6 Å². The van der Waals surface area contributed by atoms with Gasteiger partial charge in [0.25, 0.3) is 0 Å². The molecule has 0 spiro atoms. The molecule has 2 amide bonds. The first kappa shape index (κ1) is 15.5. The highest BCUT2D eigenvalue weighted by atomic mass is 35.5. The van der Waals surface area contributed by atoms with E-state index in [9.17, 15) is 9.59 Å². The van der Waals surface area contributed by atoms with Crippen LogP contribution in [0.2, 0.25) is 5.02 Å². The summed E-state index contributed by atoms with van der Waals surface area (Å²) in [5.74, 6) is -0.259. The first-order valence-corrected chi connectivity index (χ1v) is 6.63. The topological polar surface area (TPSA) is 49.4 Å². The third-order valence-corrected chi connectivity index (χ3v) is 3.38. The maximum atomic E-state index is 12.0. The van der Waals surface area contributed by atoms with E-state index in [1.165, 1.54) is 0 Å². The lowest BCUT2D eigenvalue weighted by atomic mass is 10.1. The zero-order valence-corrected chi connectivity index (χ0v) is 12.2. The van der Waals surface area contributed by atoms with Crippen molar-refractivity contribution in [2.24, 2.45) is 0 Å². The number of hydrogen-bond acceptors (Lipinski definition) is 2. The minimum atomic E-state index is -0.520. The van der Waals surface area contributed by atoms with Crippen molar-refractivity contribution in [1.82, 2.24) is 10.2 Å². The molecule has 0 bridgehead atoms. The molecule has 1 aromatic rings. The van der Waals surface area contributed by atoms with E-state index in [0.29, 0.717) is 18.0 Å². The Kier molecular flexibility index (Phi) is 5.83. The van der Waals surface area contributed by atoms with Crippen LogP contribution in [0.3, 0.4) is 0 Å². The van der Waals surface area contributed by atoms with E-state index in [2.05, 4.69) is 5.32 Å². The van der Waals surface area contributed by atoms with E-state index < -0.39 is 6.04 Å². The lowest BCUT2D eigenvalue weighted by Gasteiger charge is -2.28. The van der Waals surface area contributed by atoms with E-state index in [-0.39, 0.29) is 11.8 Å². The predicted octanol–water partition coefficient (Wildman–Crippen LogP) is 2.21. The lowest BCUT2D eigenvalue weighted by molar-refractivity contribution is -0.140. The number of carbonyl (C=O) groups excluding carboxylic acids is 2. The van der Waals surface area contributed by atoms with Crippen LogP contribution in [-0.4, -0.2) is 29.8 Å². The van der Waals surface area contributed by atoms with Crippen LogP contribution in [-0.2, 0) is 16.1 Å². The fourth-order valence-electron chi connectivity index (χ4n) is 1.80. The second-order valence-electron chi connectivity index (χ2n) is 4.26. The summed E-state index contributed by atoms with van der Waals surface area (Å²) in [6.07, 6.45) is 0.353. The van der Waals surface area contributed by atoms with Gasteiger partial charge >= 0.3 is 0 Å². The second-order valence-corrected chi connectivity index (χ2v) is 4.66. The smallest absolute Gasteiger partial charge is 0.242 e. The van der Waals surface area contributed by atoms with Crippen LogP contribution in [0.4, 0.5) is 0 Å². The van der Waals surface area contributed by atoms with Gasteiger partial charge in [0.2, 0.25) is 11.8 Å². The Bertz CT molecular complexity index is 463. The lowest BCUT2D eigenvalue weighted by Crippen LogP contribution is -2.46. The summed E-state index contributed by atoms with van der Waals surface area (Å²) in [5, 5.41) is 3.16. The van der Waals surface area contributed by atoms with Crippen LogP contribution >= 0.6 is 11.6 Å². The molecule has 0 fully saturated rings. The molecule has 4 nitrogen and oxygen atoms in total. The van der Waals surface area contributed by atoms with Gasteiger partial charge in [-0.15, -0.1) is 0 Å². The molecule has 0 aliphatic rings. The van der Waals surface area contributed by atoms with E-state index in [0.717, 1.165) is 5.56 Å². The molecule has 0 saturated carbocycles. The molecule has 1 atom stereocenters. The monoisotopic (exact) mass is 282 g/mol. The number of benzene rings is 1.